The van der Waals surface area contributed by atoms with Gasteiger partial charge in [-0.05, 0) is 36.6 Å². The highest BCUT2D eigenvalue weighted by Crippen LogP contribution is 2.38. The molecule has 1 unspecified atom stereocenters. The van der Waals surface area contributed by atoms with Gasteiger partial charge < -0.3 is 15.2 Å². The third-order valence-corrected chi connectivity index (χ3v) is 2.85. The van der Waals surface area contributed by atoms with Crippen molar-refractivity contribution in [1.82, 2.24) is 0 Å². The molecule has 0 heterocycles. The number of alkyl halides is 1. The molecule has 0 aliphatic rings. The maximum Gasteiger partial charge on any atom is 0.164 e. The molecule has 0 radical (unpaired) electrons. The van der Waals surface area contributed by atoms with Crippen molar-refractivity contribution in [2.24, 2.45) is 5.73 Å². The zero-order chi connectivity index (χ0) is 12.8. The summed E-state index contributed by atoms with van der Waals surface area (Å²) >= 11 is 0. The molecule has 0 aliphatic heterocycles. The van der Waals surface area contributed by atoms with Crippen LogP contribution in [0.5, 0.6) is 11.5 Å². The third kappa shape index (κ3) is 3.09. The van der Waals surface area contributed by atoms with Crippen LogP contribution in [0.15, 0.2) is 12.1 Å². The molecule has 0 bridgehead atoms. The summed E-state index contributed by atoms with van der Waals surface area (Å²) in [6.07, 6.45) is 0.829. The molecule has 0 fully saturated rings. The number of hydrogen-bond donors (Lipinski definition) is 1. The SMILES string of the molecule is COc1cc(CF)cc(C(C)CCN)c1OC. The topological polar surface area (TPSA) is 44.5 Å². The Labute approximate surface area is 102 Å². The highest BCUT2D eigenvalue weighted by molar-refractivity contribution is 5.50. The lowest BCUT2D eigenvalue weighted by atomic mass is 9.94. The summed E-state index contributed by atoms with van der Waals surface area (Å²) in [5, 5.41) is 0. The van der Waals surface area contributed by atoms with E-state index in [0.717, 1.165) is 12.0 Å². The molecule has 1 atom stereocenters. The zero-order valence-electron chi connectivity index (χ0n) is 10.6. The summed E-state index contributed by atoms with van der Waals surface area (Å²) in [4.78, 5) is 0. The van der Waals surface area contributed by atoms with Crippen molar-refractivity contribution in [3.8, 4) is 11.5 Å². The van der Waals surface area contributed by atoms with Crippen molar-refractivity contribution in [2.45, 2.75) is 25.9 Å². The lowest BCUT2D eigenvalue weighted by molar-refractivity contribution is 0.348. The number of rotatable bonds is 6. The Bertz CT molecular complexity index is 369. The van der Waals surface area contributed by atoms with Crippen molar-refractivity contribution >= 4 is 0 Å². The van der Waals surface area contributed by atoms with Gasteiger partial charge in [-0.3, -0.25) is 0 Å². The molecule has 0 aliphatic carbocycles. The van der Waals surface area contributed by atoms with E-state index in [2.05, 4.69) is 0 Å². The van der Waals surface area contributed by atoms with Gasteiger partial charge in [0.05, 0.1) is 14.2 Å². The zero-order valence-corrected chi connectivity index (χ0v) is 10.6. The second-order valence-electron chi connectivity index (χ2n) is 4.03. The Balaban J connectivity index is 3.23. The van der Waals surface area contributed by atoms with Gasteiger partial charge in [0.1, 0.15) is 6.67 Å². The fourth-order valence-electron chi connectivity index (χ4n) is 1.90. The molecule has 1 aromatic rings. The summed E-state index contributed by atoms with van der Waals surface area (Å²) in [6, 6.07) is 3.49. The molecule has 0 spiro atoms. The van der Waals surface area contributed by atoms with Crippen LogP contribution in [0.3, 0.4) is 0 Å². The molecule has 96 valence electrons. The lowest BCUT2D eigenvalue weighted by Crippen LogP contribution is -2.07. The first kappa shape index (κ1) is 13.8. The molecule has 4 heteroatoms. The van der Waals surface area contributed by atoms with Crippen LogP contribution in [0.2, 0.25) is 0 Å². The Hall–Kier alpha value is -1.29. The first-order valence-electron chi connectivity index (χ1n) is 5.68. The van der Waals surface area contributed by atoms with Crippen LogP contribution in [0.1, 0.15) is 30.4 Å². The Kier molecular flexibility index (Phi) is 5.22. The van der Waals surface area contributed by atoms with E-state index in [-0.39, 0.29) is 5.92 Å². The van der Waals surface area contributed by atoms with Gasteiger partial charge in [-0.15, -0.1) is 0 Å². The quantitative estimate of drug-likeness (QED) is 0.832. The van der Waals surface area contributed by atoms with Gasteiger partial charge >= 0.3 is 0 Å². The van der Waals surface area contributed by atoms with E-state index < -0.39 is 6.67 Å². The molecule has 3 nitrogen and oxygen atoms in total. The van der Waals surface area contributed by atoms with Crippen LogP contribution in [-0.4, -0.2) is 20.8 Å². The summed E-state index contributed by atoms with van der Waals surface area (Å²) in [7, 11) is 3.14. The lowest BCUT2D eigenvalue weighted by Gasteiger charge is -2.18. The van der Waals surface area contributed by atoms with Crippen LogP contribution < -0.4 is 15.2 Å². The minimum Gasteiger partial charge on any atom is -0.493 e. The van der Waals surface area contributed by atoms with Gasteiger partial charge in [-0.25, -0.2) is 4.39 Å². The molecular weight excluding hydrogens is 221 g/mol. The van der Waals surface area contributed by atoms with Gasteiger partial charge in [0.15, 0.2) is 11.5 Å². The first-order valence-corrected chi connectivity index (χ1v) is 5.68. The minimum atomic E-state index is -0.511. The Morgan fingerprint density at radius 1 is 1.29 bits per heavy atom. The third-order valence-electron chi connectivity index (χ3n) is 2.85. The molecule has 1 rings (SSSR count). The van der Waals surface area contributed by atoms with E-state index in [1.165, 1.54) is 0 Å². The van der Waals surface area contributed by atoms with E-state index >= 15 is 0 Å². The fraction of sp³-hybridized carbons (Fsp3) is 0.538. The molecule has 0 aromatic heterocycles. The summed E-state index contributed by atoms with van der Waals surface area (Å²) in [6.45, 7) is 2.13. The second-order valence-corrected chi connectivity index (χ2v) is 4.03. The smallest absolute Gasteiger partial charge is 0.164 e. The van der Waals surface area contributed by atoms with Crippen molar-refractivity contribution in [1.29, 1.82) is 0 Å². The summed E-state index contributed by atoms with van der Waals surface area (Å²) in [5.41, 5.74) is 7.10. The average Bonchev–Trinajstić information content (AvgIpc) is 2.37. The van der Waals surface area contributed by atoms with Crippen LogP contribution >= 0.6 is 0 Å². The van der Waals surface area contributed by atoms with Crippen LogP contribution in [0.25, 0.3) is 0 Å². The predicted molar refractivity (Wildman–Crippen MR) is 66.4 cm³/mol. The van der Waals surface area contributed by atoms with Gasteiger partial charge in [-0.2, -0.15) is 0 Å². The molecule has 0 saturated carbocycles. The number of ether oxygens (including phenoxy) is 2. The predicted octanol–water partition coefficient (Wildman–Crippen LogP) is 2.63. The van der Waals surface area contributed by atoms with Gasteiger partial charge in [-0.1, -0.05) is 6.92 Å². The largest absolute Gasteiger partial charge is 0.493 e. The van der Waals surface area contributed by atoms with Crippen molar-refractivity contribution in [3.05, 3.63) is 23.3 Å². The minimum absolute atomic E-state index is 0.218. The number of nitrogens with two attached hydrogens (primary N) is 1. The normalized spacial score (nSPS) is 12.3. The molecule has 0 saturated heterocycles. The highest BCUT2D eigenvalue weighted by Gasteiger charge is 2.17. The summed E-state index contributed by atoms with van der Waals surface area (Å²) < 4.78 is 23.4. The first-order chi connectivity index (χ1) is 8.17. The Morgan fingerprint density at radius 3 is 2.47 bits per heavy atom. The van der Waals surface area contributed by atoms with Crippen molar-refractivity contribution < 1.29 is 13.9 Å². The maximum absolute atomic E-state index is 12.8. The van der Waals surface area contributed by atoms with Gasteiger partial charge in [0.2, 0.25) is 0 Å². The van der Waals surface area contributed by atoms with E-state index in [1.54, 1.807) is 20.3 Å². The molecule has 17 heavy (non-hydrogen) atoms. The van der Waals surface area contributed by atoms with E-state index in [1.807, 2.05) is 13.0 Å². The maximum atomic E-state index is 12.8. The standard InChI is InChI=1S/C13H20FNO2/c1-9(4-5-15)11-6-10(8-14)7-12(16-2)13(11)17-3/h6-7,9H,4-5,8,15H2,1-3H3. The van der Waals surface area contributed by atoms with Crippen LogP contribution in [0, 0.1) is 0 Å². The van der Waals surface area contributed by atoms with Crippen molar-refractivity contribution in [3.63, 3.8) is 0 Å². The average molecular weight is 241 g/mol. The van der Waals surface area contributed by atoms with Crippen LogP contribution in [-0.2, 0) is 6.67 Å². The van der Waals surface area contributed by atoms with E-state index in [4.69, 9.17) is 15.2 Å². The van der Waals surface area contributed by atoms with Crippen molar-refractivity contribution in [2.75, 3.05) is 20.8 Å². The monoisotopic (exact) mass is 241 g/mol. The van der Waals surface area contributed by atoms with Gasteiger partial charge in [0.25, 0.3) is 0 Å². The van der Waals surface area contributed by atoms with E-state index in [9.17, 15) is 4.39 Å². The summed E-state index contributed by atoms with van der Waals surface area (Å²) in [5.74, 6) is 1.46. The number of halogens is 1. The molecule has 1 aromatic carbocycles. The molecular formula is C13H20FNO2. The number of methoxy groups -OCH3 is 2. The Morgan fingerprint density at radius 2 is 2.00 bits per heavy atom. The van der Waals surface area contributed by atoms with Gasteiger partial charge in [0, 0.05) is 5.56 Å². The second kappa shape index (κ2) is 6.45. The molecule has 0 amide bonds. The fourth-order valence-corrected chi connectivity index (χ4v) is 1.90. The molecule has 2 N–H and O–H groups in total. The number of hydrogen-bond acceptors (Lipinski definition) is 3. The van der Waals surface area contributed by atoms with Crippen LogP contribution in [0.4, 0.5) is 4.39 Å². The van der Waals surface area contributed by atoms with E-state index in [0.29, 0.717) is 23.6 Å². The highest BCUT2D eigenvalue weighted by atomic mass is 19.1. The number of benzene rings is 1.